The maximum atomic E-state index is 10.4. The lowest BCUT2D eigenvalue weighted by Crippen LogP contribution is -2.14. The highest BCUT2D eigenvalue weighted by molar-refractivity contribution is 6.20. The molecule has 60 heavy (non-hydrogen) atoms. The standard InChI is InChI=1S/C56H38N4/c1-55(2)41-17-9-5-13-37(41)51-43(55)25-27-47-53(51)39-15-7-11-19-45(39)59(47)49-29-33(31-57)21-23-35(49)36-24-22-34(32-58)30-50(36)60-46-20-12-8-16-40(46)54-48(60)28-26-44-52(54)38-14-6-10-18-42(38)56(44,3)4/h5-30H,1-4H3. The van der Waals surface area contributed by atoms with Crippen molar-refractivity contribution in [2.24, 2.45) is 0 Å². The van der Waals surface area contributed by atoms with Crippen molar-refractivity contribution in [3.05, 3.63) is 191 Å². The Bertz CT molecular complexity index is 3390. The Hall–Kier alpha value is -7.66. The Balaban J connectivity index is 1.19. The molecule has 10 aromatic rings. The third-order valence-electron chi connectivity index (χ3n) is 13.8. The molecule has 0 atom stereocenters. The summed E-state index contributed by atoms with van der Waals surface area (Å²) in [6.45, 7) is 9.30. The summed E-state index contributed by atoms with van der Waals surface area (Å²) in [7, 11) is 0. The molecule has 0 fully saturated rings. The monoisotopic (exact) mass is 766 g/mol. The van der Waals surface area contributed by atoms with Crippen LogP contribution in [0.5, 0.6) is 0 Å². The SMILES string of the molecule is CC1(C)c2ccccc2-c2c1ccc1c2c2ccccc2n1-c1cc(C#N)ccc1-c1ccc(C#N)cc1-n1c2ccccc2c2c3c(ccc21)C(C)(C)c1ccccc1-3. The van der Waals surface area contributed by atoms with Crippen molar-refractivity contribution in [3.63, 3.8) is 0 Å². The van der Waals surface area contributed by atoms with Crippen molar-refractivity contribution in [3.8, 4) is 56.9 Å². The van der Waals surface area contributed by atoms with E-state index in [-0.39, 0.29) is 10.8 Å². The van der Waals surface area contributed by atoms with Gasteiger partial charge in [-0.05, 0) is 93.0 Å². The largest absolute Gasteiger partial charge is 0.309 e. The average Bonchev–Trinajstić information content (AvgIpc) is 3.95. The lowest BCUT2D eigenvalue weighted by Gasteiger charge is -2.22. The number of para-hydroxylation sites is 2. The average molecular weight is 767 g/mol. The third-order valence-corrected chi connectivity index (χ3v) is 13.8. The molecule has 0 spiro atoms. The first-order valence-corrected chi connectivity index (χ1v) is 20.6. The van der Waals surface area contributed by atoms with Crippen LogP contribution >= 0.6 is 0 Å². The number of rotatable bonds is 3. The van der Waals surface area contributed by atoms with Crippen LogP contribution < -0.4 is 0 Å². The summed E-state index contributed by atoms with van der Waals surface area (Å²) >= 11 is 0. The van der Waals surface area contributed by atoms with E-state index in [1.54, 1.807) is 0 Å². The van der Waals surface area contributed by atoms with Gasteiger partial charge in [-0.25, -0.2) is 0 Å². The van der Waals surface area contributed by atoms with Gasteiger partial charge in [0.15, 0.2) is 0 Å². The van der Waals surface area contributed by atoms with Crippen LogP contribution in [0.1, 0.15) is 61.1 Å². The van der Waals surface area contributed by atoms with Gasteiger partial charge in [0.05, 0.1) is 56.7 Å². The summed E-state index contributed by atoms with van der Waals surface area (Å²) < 4.78 is 4.71. The van der Waals surface area contributed by atoms with E-state index in [2.05, 4.69) is 182 Å². The van der Waals surface area contributed by atoms with E-state index in [4.69, 9.17) is 0 Å². The van der Waals surface area contributed by atoms with Gasteiger partial charge in [0.2, 0.25) is 0 Å². The van der Waals surface area contributed by atoms with Gasteiger partial charge >= 0.3 is 0 Å². The van der Waals surface area contributed by atoms with Crippen molar-refractivity contribution in [1.29, 1.82) is 10.5 Å². The molecule has 2 heterocycles. The smallest absolute Gasteiger partial charge is 0.0992 e. The highest BCUT2D eigenvalue weighted by Gasteiger charge is 2.39. The Morgan fingerprint density at radius 2 is 0.783 bits per heavy atom. The molecule has 0 radical (unpaired) electrons. The minimum absolute atomic E-state index is 0.146. The van der Waals surface area contributed by atoms with E-state index in [0.717, 1.165) is 44.6 Å². The van der Waals surface area contributed by atoms with Crippen LogP contribution in [0.3, 0.4) is 0 Å². The molecular formula is C56H38N4. The van der Waals surface area contributed by atoms with Gasteiger partial charge < -0.3 is 9.13 Å². The second-order valence-electron chi connectivity index (χ2n) is 17.5. The Labute approximate surface area is 348 Å². The van der Waals surface area contributed by atoms with Crippen LogP contribution in [0.4, 0.5) is 0 Å². The van der Waals surface area contributed by atoms with E-state index in [1.807, 2.05) is 24.3 Å². The number of hydrogen-bond acceptors (Lipinski definition) is 2. The fraction of sp³-hybridized carbons (Fsp3) is 0.107. The molecule has 2 aromatic heterocycles. The zero-order chi connectivity index (χ0) is 40.7. The minimum Gasteiger partial charge on any atom is -0.309 e. The van der Waals surface area contributed by atoms with Crippen LogP contribution in [-0.2, 0) is 10.8 Å². The molecule has 0 N–H and O–H groups in total. The maximum absolute atomic E-state index is 10.4. The molecule has 4 nitrogen and oxygen atoms in total. The van der Waals surface area contributed by atoms with Crippen LogP contribution in [-0.4, -0.2) is 9.13 Å². The van der Waals surface area contributed by atoms with E-state index in [1.165, 1.54) is 66.1 Å². The number of fused-ring (bicyclic) bond motifs is 14. The van der Waals surface area contributed by atoms with Gasteiger partial charge in [0, 0.05) is 43.5 Å². The van der Waals surface area contributed by atoms with E-state index in [9.17, 15) is 10.5 Å². The highest BCUT2D eigenvalue weighted by atomic mass is 15.0. The Kier molecular flexibility index (Phi) is 6.85. The molecule has 0 amide bonds. The second kappa shape index (κ2) is 12.0. The second-order valence-corrected chi connectivity index (χ2v) is 17.5. The lowest BCUT2D eigenvalue weighted by atomic mass is 9.82. The maximum Gasteiger partial charge on any atom is 0.0992 e. The van der Waals surface area contributed by atoms with Gasteiger partial charge in [0.25, 0.3) is 0 Å². The summed E-state index contributed by atoms with van der Waals surface area (Å²) in [4.78, 5) is 0. The summed E-state index contributed by atoms with van der Waals surface area (Å²) in [5, 5.41) is 25.6. The molecule has 2 aliphatic rings. The molecule has 4 heteroatoms. The van der Waals surface area contributed by atoms with Gasteiger partial charge in [-0.3, -0.25) is 0 Å². The first-order chi connectivity index (χ1) is 29.2. The molecule has 2 aliphatic carbocycles. The highest BCUT2D eigenvalue weighted by Crippen LogP contribution is 2.55. The molecule has 0 saturated carbocycles. The minimum atomic E-state index is -0.146. The molecule has 8 aromatic carbocycles. The molecule has 12 rings (SSSR count). The number of hydrogen-bond donors (Lipinski definition) is 0. The van der Waals surface area contributed by atoms with Crippen molar-refractivity contribution in [1.82, 2.24) is 9.13 Å². The molecule has 0 saturated heterocycles. The van der Waals surface area contributed by atoms with Crippen molar-refractivity contribution >= 4 is 43.6 Å². The zero-order valence-corrected chi connectivity index (χ0v) is 33.8. The topological polar surface area (TPSA) is 57.4 Å². The Morgan fingerprint density at radius 1 is 0.383 bits per heavy atom. The molecule has 0 aliphatic heterocycles. The first kappa shape index (κ1) is 34.4. The molecule has 0 unspecified atom stereocenters. The van der Waals surface area contributed by atoms with Crippen LogP contribution in [0.15, 0.2) is 158 Å². The predicted octanol–water partition coefficient (Wildman–Crippen LogP) is 13.9. The van der Waals surface area contributed by atoms with Gasteiger partial charge in [-0.2, -0.15) is 10.5 Å². The van der Waals surface area contributed by atoms with Crippen molar-refractivity contribution in [2.45, 2.75) is 38.5 Å². The number of aromatic nitrogens is 2. The fourth-order valence-corrected chi connectivity index (χ4v) is 11.1. The van der Waals surface area contributed by atoms with Gasteiger partial charge in [-0.1, -0.05) is 137 Å². The van der Waals surface area contributed by atoms with Crippen LogP contribution in [0, 0.1) is 22.7 Å². The van der Waals surface area contributed by atoms with E-state index >= 15 is 0 Å². The normalized spacial score (nSPS) is 14.2. The third kappa shape index (κ3) is 4.32. The van der Waals surface area contributed by atoms with E-state index < -0.39 is 0 Å². The van der Waals surface area contributed by atoms with Crippen LogP contribution in [0.25, 0.3) is 88.4 Å². The number of nitriles is 2. The molecule has 282 valence electrons. The quantitative estimate of drug-likeness (QED) is 0.180. The zero-order valence-electron chi connectivity index (χ0n) is 33.8. The van der Waals surface area contributed by atoms with Crippen molar-refractivity contribution < 1.29 is 0 Å². The summed E-state index contributed by atoms with van der Waals surface area (Å²) in [5.41, 5.74) is 19.4. The molecule has 0 bridgehead atoms. The summed E-state index contributed by atoms with van der Waals surface area (Å²) in [5.74, 6) is 0. The van der Waals surface area contributed by atoms with Gasteiger partial charge in [0.1, 0.15) is 0 Å². The number of benzene rings is 8. The lowest BCUT2D eigenvalue weighted by molar-refractivity contribution is 0.660. The van der Waals surface area contributed by atoms with E-state index in [0.29, 0.717) is 11.1 Å². The number of nitrogens with zero attached hydrogens (tertiary/aromatic N) is 4. The molecular weight excluding hydrogens is 729 g/mol. The predicted molar refractivity (Wildman–Crippen MR) is 245 cm³/mol. The summed E-state index contributed by atoms with van der Waals surface area (Å²) in [6, 6.07) is 61.1. The summed E-state index contributed by atoms with van der Waals surface area (Å²) in [6.07, 6.45) is 0. The Morgan fingerprint density at radius 3 is 1.22 bits per heavy atom. The van der Waals surface area contributed by atoms with Crippen LogP contribution in [0.2, 0.25) is 0 Å². The first-order valence-electron chi connectivity index (χ1n) is 20.6. The van der Waals surface area contributed by atoms with Gasteiger partial charge in [-0.15, -0.1) is 0 Å². The fourth-order valence-electron chi connectivity index (χ4n) is 11.1. The van der Waals surface area contributed by atoms with Crippen molar-refractivity contribution in [2.75, 3.05) is 0 Å².